The minimum atomic E-state index is -2.88. The number of ether oxygens (including phenoxy) is 2. The van der Waals surface area contributed by atoms with Gasteiger partial charge in [0.2, 0.25) is 0 Å². The van der Waals surface area contributed by atoms with E-state index in [1.165, 1.54) is 24.3 Å². The number of morpholine rings is 1. The van der Waals surface area contributed by atoms with Crippen LogP contribution in [0.2, 0.25) is 0 Å². The number of nitrogens with zero attached hydrogens (tertiary/aromatic N) is 1. The van der Waals surface area contributed by atoms with Crippen LogP contribution >= 0.6 is 11.6 Å². The predicted octanol–water partition coefficient (Wildman–Crippen LogP) is 2.76. The van der Waals surface area contributed by atoms with Gasteiger partial charge in [-0.1, -0.05) is 0 Å². The molecule has 7 heteroatoms. The molecule has 1 aliphatic rings. The zero-order valence-corrected chi connectivity index (χ0v) is 12.2. The summed E-state index contributed by atoms with van der Waals surface area (Å²) in [5.41, 5.74) is 0.416. The van der Waals surface area contributed by atoms with Crippen LogP contribution < -0.4 is 4.74 Å². The average molecular weight is 320 g/mol. The maximum absolute atomic E-state index is 12.4. The number of alkyl halides is 3. The third kappa shape index (κ3) is 4.28. The smallest absolute Gasteiger partial charge is 0.387 e. The molecular weight excluding hydrogens is 304 g/mol. The first-order valence-electron chi connectivity index (χ1n) is 6.55. The summed E-state index contributed by atoms with van der Waals surface area (Å²) >= 11 is 5.78. The van der Waals surface area contributed by atoms with Gasteiger partial charge in [-0.2, -0.15) is 8.78 Å². The Bertz CT molecular complexity index is 484. The molecule has 0 aromatic heterocycles. The van der Waals surface area contributed by atoms with E-state index in [2.05, 4.69) is 4.74 Å². The van der Waals surface area contributed by atoms with E-state index in [0.717, 1.165) is 0 Å². The van der Waals surface area contributed by atoms with Gasteiger partial charge in [0.1, 0.15) is 5.75 Å². The molecule has 21 heavy (non-hydrogen) atoms. The molecule has 1 fully saturated rings. The van der Waals surface area contributed by atoms with Gasteiger partial charge in [0.15, 0.2) is 0 Å². The fourth-order valence-electron chi connectivity index (χ4n) is 2.26. The fraction of sp³-hybridized carbons (Fsp3) is 0.500. The van der Waals surface area contributed by atoms with Gasteiger partial charge in [-0.3, -0.25) is 4.79 Å². The second-order valence-electron chi connectivity index (χ2n) is 4.84. The Balaban J connectivity index is 2.05. The maximum atomic E-state index is 12.4. The van der Waals surface area contributed by atoms with Gasteiger partial charge < -0.3 is 14.4 Å². The summed E-state index contributed by atoms with van der Waals surface area (Å²) in [7, 11) is 0. The van der Waals surface area contributed by atoms with Crippen molar-refractivity contribution in [3.63, 3.8) is 0 Å². The summed E-state index contributed by atoms with van der Waals surface area (Å²) in [5.74, 6) is 0.161. The molecule has 1 heterocycles. The summed E-state index contributed by atoms with van der Waals surface area (Å²) < 4.78 is 34.0. The van der Waals surface area contributed by atoms with E-state index in [-0.39, 0.29) is 23.9 Å². The lowest BCUT2D eigenvalue weighted by Gasteiger charge is -2.36. The van der Waals surface area contributed by atoms with Crippen LogP contribution in [0.25, 0.3) is 0 Å². The molecule has 2 atom stereocenters. The van der Waals surface area contributed by atoms with Gasteiger partial charge in [0.05, 0.1) is 18.1 Å². The van der Waals surface area contributed by atoms with Crippen molar-refractivity contribution in [2.45, 2.75) is 25.7 Å². The predicted molar refractivity (Wildman–Crippen MR) is 74.0 cm³/mol. The van der Waals surface area contributed by atoms with Crippen molar-refractivity contribution in [3.8, 4) is 5.75 Å². The molecule has 4 nitrogen and oxygen atoms in total. The van der Waals surface area contributed by atoms with Gasteiger partial charge >= 0.3 is 6.61 Å². The van der Waals surface area contributed by atoms with Crippen LogP contribution in [-0.2, 0) is 4.74 Å². The molecule has 1 aromatic carbocycles. The Kier molecular flexibility index (Phi) is 5.36. The van der Waals surface area contributed by atoms with E-state index in [4.69, 9.17) is 16.3 Å². The van der Waals surface area contributed by atoms with E-state index in [1.807, 2.05) is 6.92 Å². The molecule has 0 saturated carbocycles. The van der Waals surface area contributed by atoms with E-state index < -0.39 is 6.61 Å². The van der Waals surface area contributed by atoms with E-state index >= 15 is 0 Å². The van der Waals surface area contributed by atoms with E-state index in [1.54, 1.807) is 4.90 Å². The molecule has 116 valence electrons. The first-order valence-corrected chi connectivity index (χ1v) is 7.08. The molecule has 0 spiro atoms. The standard InChI is InChI=1S/C14H16ClF2NO3/c1-9-7-18(8-12(6-15)20-9)13(19)10-2-4-11(5-3-10)21-14(16)17/h2-5,9,12,14H,6-8H2,1H3. The lowest BCUT2D eigenvalue weighted by molar-refractivity contribution is -0.0570. The third-order valence-corrected chi connectivity index (χ3v) is 3.46. The van der Waals surface area contributed by atoms with Crippen LogP contribution in [0.15, 0.2) is 24.3 Å². The van der Waals surface area contributed by atoms with Gasteiger partial charge in [-0.25, -0.2) is 0 Å². The van der Waals surface area contributed by atoms with Crippen LogP contribution in [0, 0.1) is 0 Å². The molecule has 1 saturated heterocycles. The minimum absolute atomic E-state index is 0.0236. The number of carbonyl (C=O) groups excluding carboxylic acids is 1. The lowest BCUT2D eigenvalue weighted by atomic mass is 10.1. The summed E-state index contributed by atoms with van der Waals surface area (Å²) in [6.45, 7) is -0.113. The quantitative estimate of drug-likeness (QED) is 0.801. The highest BCUT2D eigenvalue weighted by molar-refractivity contribution is 6.18. The number of amides is 1. The number of carbonyl (C=O) groups is 1. The topological polar surface area (TPSA) is 38.8 Å². The maximum Gasteiger partial charge on any atom is 0.387 e. The van der Waals surface area contributed by atoms with E-state index in [0.29, 0.717) is 24.5 Å². The highest BCUT2D eigenvalue weighted by atomic mass is 35.5. The molecule has 2 unspecified atom stereocenters. The first-order chi connectivity index (χ1) is 9.99. The van der Waals surface area contributed by atoms with Crippen molar-refractivity contribution in [1.29, 1.82) is 0 Å². The summed E-state index contributed by atoms with van der Waals surface area (Å²) in [5, 5.41) is 0. The number of hydrogen-bond donors (Lipinski definition) is 0. The number of benzene rings is 1. The average Bonchev–Trinajstić information content (AvgIpc) is 2.46. The normalized spacial score (nSPS) is 22.4. The van der Waals surface area contributed by atoms with Gasteiger partial charge in [0, 0.05) is 18.7 Å². The van der Waals surface area contributed by atoms with Crippen LogP contribution in [0.4, 0.5) is 8.78 Å². The molecule has 1 aromatic rings. The first kappa shape index (κ1) is 16.0. The summed E-state index contributed by atoms with van der Waals surface area (Å²) in [6.07, 6.45) is -0.284. The highest BCUT2D eigenvalue weighted by Crippen LogP contribution is 2.19. The monoisotopic (exact) mass is 319 g/mol. The van der Waals surface area contributed by atoms with Crippen LogP contribution in [0.3, 0.4) is 0 Å². The molecule has 2 rings (SSSR count). The second kappa shape index (κ2) is 7.04. The Labute approximate surface area is 126 Å². The molecule has 0 radical (unpaired) electrons. The summed E-state index contributed by atoms with van der Waals surface area (Å²) in [6, 6.07) is 5.64. The Morgan fingerprint density at radius 3 is 2.67 bits per heavy atom. The largest absolute Gasteiger partial charge is 0.435 e. The molecule has 0 bridgehead atoms. The molecule has 0 aliphatic carbocycles. The van der Waals surface area contributed by atoms with Crippen molar-refractivity contribution in [2.24, 2.45) is 0 Å². The number of rotatable bonds is 4. The Hall–Kier alpha value is -1.40. The van der Waals surface area contributed by atoms with E-state index in [9.17, 15) is 13.6 Å². The molecule has 1 aliphatic heterocycles. The summed E-state index contributed by atoms with van der Waals surface area (Å²) in [4.78, 5) is 14.0. The molecule has 1 amide bonds. The highest BCUT2D eigenvalue weighted by Gasteiger charge is 2.28. The van der Waals surface area contributed by atoms with Crippen molar-refractivity contribution >= 4 is 17.5 Å². The molecular formula is C14H16ClF2NO3. The van der Waals surface area contributed by atoms with Gasteiger partial charge in [-0.05, 0) is 31.2 Å². The zero-order valence-electron chi connectivity index (χ0n) is 11.5. The van der Waals surface area contributed by atoms with Gasteiger partial charge in [-0.15, -0.1) is 11.6 Å². The Morgan fingerprint density at radius 1 is 1.43 bits per heavy atom. The van der Waals surface area contributed by atoms with Crippen molar-refractivity contribution in [2.75, 3.05) is 19.0 Å². The van der Waals surface area contributed by atoms with Crippen molar-refractivity contribution in [3.05, 3.63) is 29.8 Å². The van der Waals surface area contributed by atoms with Crippen LogP contribution in [-0.4, -0.2) is 48.6 Å². The van der Waals surface area contributed by atoms with Crippen LogP contribution in [0.1, 0.15) is 17.3 Å². The fourth-order valence-corrected chi connectivity index (χ4v) is 2.43. The lowest BCUT2D eigenvalue weighted by Crippen LogP contribution is -2.49. The minimum Gasteiger partial charge on any atom is -0.435 e. The number of halogens is 3. The van der Waals surface area contributed by atoms with Crippen LogP contribution in [0.5, 0.6) is 5.75 Å². The van der Waals surface area contributed by atoms with Gasteiger partial charge in [0.25, 0.3) is 5.91 Å². The Morgan fingerprint density at radius 2 is 2.10 bits per heavy atom. The molecule has 0 N–H and O–H groups in total. The SMILES string of the molecule is CC1CN(C(=O)c2ccc(OC(F)F)cc2)CC(CCl)O1. The number of hydrogen-bond acceptors (Lipinski definition) is 3. The zero-order chi connectivity index (χ0) is 15.4. The van der Waals surface area contributed by atoms with Crippen molar-refractivity contribution in [1.82, 2.24) is 4.90 Å². The second-order valence-corrected chi connectivity index (χ2v) is 5.14. The van der Waals surface area contributed by atoms with Crippen molar-refractivity contribution < 1.29 is 23.0 Å². The third-order valence-electron chi connectivity index (χ3n) is 3.11.